The number of thiazole rings is 1. The predicted molar refractivity (Wildman–Crippen MR) is 107 cm³/mol. The maximum atomic E-state index is 13.0. The van der Waals surface area contributed by atoms with Crippen LogP contribution in [-0.4, -0.2) is 24.5 Å². The molecule has 0 radical (unpaired) electrons. The van der Waals surface area contributed by atoms with Crippen LogP contribution >= 0.6 is 11.3 Å². The molecule has 0 unspecified atom stereocenters. The van der Waals surface area contributed by atoms with Gasteiger partial charge in [-0.15, -0.1) is 17.9 Å². The van der Waals surface area contributed by atoms with E-state index in [1.54, 1.807) is 18.1 Å². The van der Waals surface area contributed by atoms with Gasteiger partial charge in [-0.2, -0.15) is 0 Å². The summed E-state index contributed by atoms with van der Waals surface area (Å²) in [5.74, 6) is -0.0946. The molecule has 5 heteroatoms. The first-order valence-electron chi connectivity index (χ1n) is 8.24. The first-order valence-corrected chi connectivity index (χ1v) is 9.12. The van der Waals surface area contributed by atoms with Crippen molar-refractivity contribution in [1.29, 1.82) is 0 Å². The van der Waals surface area contributed by atoms with Crippen molar-refractivity contribution in [3.05, 3.63) is 83.8 Å². The third-order valence-electron chi connectivity index (χ3n) is 3.86. The topological polar surface area (TPSA) is 42.4 Å². The highest BCUT2D eigenvalue weighted by Crippen LogP contribution is 2.28. The molecule has 0 N–H and O–H groups in total. The predicted octanol–water partition coefficient (Wildman–Crippen LogP) is 4.79. The molecular formula is C21H20N2O2S. The van der Waals surface area contributed by atoms with Gasteiger partial charge in [-0.05, 0) is 17.7 Å². The summed E-state index contributed by atoms with van der Waals surface area (Å²) in [6.07, 6.45) is 1.71. The normalized spacial score (nSPS) is 10.5. The Morgan fingerprint density at radius 3 is 2.58 bits per heavy atom. The van der Waals surface area contributed by atoms with Crippen molar-refractivity contribution < 1.29 is 9.53 Å². The molecule has 3 aromatic rings. The second kappa shape index (κ2) is 8.56. The van der Waals surface area contributed by atoms with Crippen LogP contribution in [0.4, 0.5) is 5.13 Å². The monoisotopic (exact) mass is 364 g/mol. The molecule has 1 heterocycles. The number of ether oxygens (including phenoxy) is 1. The Morgan fingerprint density at radius 2 is 1.92 bits per heavy atom. The van der Waals surface area contributed by atoms with E-state index in [2.05, 4.69) is 11.6 Å². The zero-order valence-corrected chi connectivity index (χ0v) is 15.4. The number of aromatic nitrogens is 1. The van der Waals surface area contributed by atoms with Gasteiger partial charge in [-0.1, -0.05) is 48.5 Å². The van der Waals surface area contributed by atoms with Gasteiger partial charge in [0.15, 0.2) is 5.13 Å². The zero-order chi connectivity index (χ0) is 18.4. The highest BCUT2D eigenvalue weighted by atomic mass is 32.1. The van der Waals surface area contributed by atoms with Crippen LogP contribution in [0.3, 0.4) is 0 Å². The third kappa shape index (κ3) is 4.07. The Bertz CT molecular complexity index is 873. The van der Waals surface area contributed by atoms with Crippen molar-refractivity contribution in [3.8, 4) is 11.3 Å². The van der Waals surface area contributed by atoms with E-state index in [9.17, 15) is 4.79 Å². The number of benzene rings is 2. The maximum absolute atomic E-state index is 13.0. The Labute approximate surface area is 157 Å². The molecule has 0 atom stereocenters. The van der Waals surface area contributed by atoms with Gasteiger partial charge in [-0.25, -0.2) is 4.98 Å². The molecule has 26 heavy (non-hydrogen) atoms. The fourth-order valence-corrected chi connectivity index (χ4v) is 3.41. The van der Waals surface area contributed by atoms with Crippen molar-refractivity contribution in [1.82, 2.24) is 4.98 Å². The third-order valence-corrected chi connectivity index (χ3v) is 4.72. The van der Waals surface area contributed by atoms with Crippen LogP contribution in [0, 0.1) is 0 Å². The molecule has 2 aromatic carbocycles. The lowest BCUT2D eigenvalue weighted by Gasteiger charge is -2.18. The molecule has 3 rings (SSSR count). The summed E-state index contributed by atoms with van der Waals surface area (Å²) in [4.78, 5) is 19.3. The van der Waals surface area contributed by atoms with E-state index in [-0.39, 0.29) is 5.91 Å². The molecule has 0 bridgehead atoms. The van der Waals surface area contributed by atoms with Crippen molar-refractivity contribution in [2.75, 3.05) is 18.6 Å². The van der Waals surface area contributed by atoms with Gasteiger partial charge in [0.2, 0.25) is 0 Å². The smallest absolute Gasteiger partial charge is 0.260 e. The van der Waals surface area contributed by atoms with Gasteiger partial charge >= 0.3 is 0 Å². The zero-order valence-electron chi connectivity index (χ0n) is 14.6. The van der Waals surface area contributed by atoms with Gasteiger partial charge in [0.05, 0.1) is 12.3 Å². The number of hydrogen-bond acceptors (Lipinski definition) is 4. The lowest BCUT2D eigenvalue weighted by molar-refractivity contribution is 0.0989. The summed E-state index contributed by atoms with van der Waals surface area (Å²) < 4.78 is 5.11. The first-order chi connectivity index (χ1) is 12.7. The van der Waals surface area contributed by atoms with E-state index in [0.29, 0.717) is 23.8 Å². The summed E-state index contributed by atoms with van der Waals surface area (Å²) in [5, 5.41) is 2.63. The van der Waals surface area contributed by atoms with E-state index >= 15 is 0 Å². The fraction of sp³-hybridized carbons (Fsp3) is 0.143. The summed E-state index contributed by atoms with van der Waals surface area (Å²) in [6, 6.07) is 17.4. The van der Waals surface area contributed by atoms with E-state index < -0.39 is 0 Å². The largest absolute Gasteiger partial charge is 0.380 e. The number of anilines is 1. The average Bonchev–Trinajstić information content (AvgIpc) is 3.17. The molecule has 1 amide bonds. The molecule has 0 saturated carbocycles. The highest BCUT2D eigenvalue weighted by molar-refractivity contribution is 7.14. The van der Waals surface area contributed by atoms with E-state index in [4.69, 9.17) is 4.74 Å². The standard InChI is InChI=1S/C21H20N2O2S/c1-3-13-23(20(24)18-11-9-16(10-12-18)14-25-2)21-22-19(15-26-21)17-7-5-4-6-8-17/h3-12,15H,1,13-14H2,2H3. The molecule has 0 aliphatic carbocycles. The van der Waals surface area contributed by atoms with Crippen molar-refractivity contribution in [2.45, 2.75) is 6.61 Å². The fourth-order valence-electron chi connectivity index (χ4n) is 2.57. The van der Waals surface area contributed by atoms with E-state index in [1.807, 2.05) is 60.0 Å². The van der Waals surface area contributed by atoms with E-state index in [0.717, 1.165) is 16.8 Å². The second-order valence-corrected chi connectivity index (χ2v) is 6.55. The Kier molecular flexibility index (Phi) is 5.94. The summed E-state index contributed by atoms with van der Waals surface area (Å²) in [7, 11) is 1.65. The van der Waals surface area contributed by atoms with Gasteiger partial charge in [-0.3, -0.25) is 9.69 Å². The summed E-state index contributed by atoms with van der Waals surface area (Å²) >= 11 is 1.45. The van der Waals surface area contributed by atoms with Crippen LogP contribution in [0.5, 0.6) is 0 Å². The van der Waals surface area contributed by atoms with Crippen LogP contribution < -0.4 is 4.90 Å². The van der Waals surface area contributed by atoms with E-state index in [1.165, 1.54) is 11.3 Å². The van der Waals surface area contributed by atoms with Crippen LogP contribution in [0.1, 0.15) is 15.9 Å². The maximum Gasteiger partial charge on any atom is 0.260 e. The average molecular weight is 364 g/mol. The second-order valence-electron chi connectivity index (χ2n) is 5.72. The molecule has 132 valence electrons. The molecule has 0 spiro atoms. The highest BCUT2D eigenvalue weighted by Gasteiger charge is 2.20. The number of methoxy groups -OCH3 is 1. The molecule has 4 nitrogen and oxygen atoms in total. The minimum absolute atomic E-state index is 0.0946. The molecule has 1 aromatic heterocycles. The molecule has 0 saturated heterocycles. The minimum Gasteiger partial charge on any atom is -0.380 e. The number of carbonyl (C=O) groups excluding carboxylic acids is 1. The first kappa shape index (κ1) is 18.0. The lowest BCUT2D eigenvalue weighted by atomic mass is 10.1. The number of rotatable bonds is 7. The van der Waals surface area contributed by atoms with Gasteiger partial charge in [0, 0.05) is 30.2 Å². The van der Waals surface area contributed by atoms with Crippen molar-refractivity contribution in [2.24, 2.45) is 0 Å². The minimum atomic E-state index is -0.0946. The van der Waals surface area contributed by atoms with Gasteiger partial charge in [0.1, 0.15) is 0 Å². The lowest BCUT2D eigenvalue weighted by Crippen LogP contribution is -2.30. The van der Waals surface area contributed by atoms with Crippen molar-refractivity contribution in [3.63, 3.8) is 0 Å². The van der Waals surface area contributed by atoms with Gasteiger partial charge < -0.3 is 4.74 Å². The summed E-state index contributed by atoms with van der Waals surface area (Å²) in [6.45, 7) is 4.70. The Balaban J connectivity index is 1.85. The SMILES string of the molecule is C=CCN(C(=O)c1ccc(COC)cc1)c1nc(-c2ccccc2)cs1. The number of hydrogen-bond donors (Lipinski definition) is 0. The molecule has 0 aliphatic heterocycles. The Hall–Kier alpha value is -2.76. The number of carbonyl (C=O) groups is 1. The molecule has 0 fully saturated rings. The summed E-state index contributed by atoms with van der Waals surface area (Å²) in [5.41, 5.74) is 3.54. The van der Waals surface area contributed by atoms with Crippen LogP contribution in [0.25, 0.3) is 11.3 Å². The Morgan fingerprint density at radius 1 is 1.19 bits per heavy atom. The van der Waals surface area contributed by atoms with Crippen LogP contribution in [0.15, 0.2) is 72.6 Å². The van der Waals surface area contributed by atoms with Crippen LogP contribution in [0.2, 0.25) is 0 Å². The molecular weight excluding hydrogens is 344 g/mol. The number of nitrogens with zero attached hydrogens (tertiary/aromatic N) is 2. The number of amides is 1. The van der Waals surface area contributed by atoms with Crippen LogP contribution in [-0.2, 0) is 11.3 Å². The molecule has 0 aliphatic rings. The van der Waals surface area contributed by atoms with Crippen molar-refractivity contribution >= 4 is 22.4 Å². The quantitative estimate of drug-likeness (QED) is 0.566. The van der Waals surface area contributed by atoms with Gasteiger partial charge in [0.25, 0.3) is 5.91 Å².